The van der Waals surface area contributed by atoms with Gasteiger partial charge in [0.1, 0.15) is 0 Å². The summed E-state index contributed by atoms with van der Waals surface area (Å²) in [4.78, 5) is 0. The molecule has 62 valence electrons. The smallest absolute Gasteiger partial charge is 0.0662 e. The lowest BCUT2D eigenvalue weighted by Gasteiger charge is -2.24. The highest BCUT2D eigenvalue weighted by molar-refractivity contribution is 5.85. The molecule has 0 aromatic heterocycles. The summed E-state index contributed by atoms with van der Waals surface area (Å²) >= 11 is 0. The molecule has 2 rings (SSSR count). The Labute approximate surface area is 73.4 Å². The number of fused-ring (bicyclic) bond motifs is 2. The summed E-state index contributed by atoms with van der Waals surface area (Å²) in [7, 11) is 0. The average Bonchev–Trinajstić information content (AvgIpc) is 2.19. The van der Waals surface area contributed by atoms with Crippen LogP contribution >= 0.6 is 12.4 Å². The second-order valence-corrected chi connectivity index (χ2v) is 3.41. The van der Waals surface area contributed by atoms with Gasteiger partial charge in [-0.05, 0) is 37.8 Å². The summed E-state index contributed by atoms with van der Waals surface area (Å²) in [5.41, 5.74) is 0. The van der Waals surface area contributed by atoms with Crippen LogP contribution in [-0.4, -0.2) is 13.1 Å². The van der Waals surface area contributed by atoms with E-state index < -0.39 is 0 Å². The number of hydrogen-bond acceptors (Lipinski definition) is 2. The van der Waals surface area contributed by atoms with Gasteiger partial charge in [0, 0.05) is 0 Å². The molecule has 1 aliphatic heterocycles. The molecule has 3 heteroatoms. The molecule has 1 saturated carbocycles. The van der Waals surface area contributed by atoms with Crippen LogP contribution in [0.4, 0.5) is 0 Å². The number of nitriles is 1. The number of piperidine rings is 1. The summed E-state index contributed by atoms with van der Waals surface area (Å²) < 4.78 is 0. The number of rotatable bonds is 0. The van der Waals surface area contributed by atoms with E-state index in [1.54, 1.807) is 0 Å². The van der Waals surface area contributed by atoms with Crippen molar-refractivity contribution in [2.24, 2.45) is 17.8 Å². The number of nitrogens with zero attached hydrogens (tertiary/aromatic N) is 1. The molecule has 2 nitrogen and oxygen atoms in total. The lowest BCUT2D eigenvalue weighted by Crippen LogP contribution is -2.37. The van der Waals surface area contributed by atoms with Crippen molar-refractivity contribution in [2.45, 2.75) is 12.8 Å². The largest absolute Gasteiger partial charge is 0.316 e. The van der Waals surface area contributed by atoms with Crippen LogP contribution in [0.1, 0.15) is 12.8 Å². The summed E-state index contributed by atoms with van der Waals surface area (Å²) in [5.74, 6) is 1.72. The summed E-state index contributed by atoms with van der Waals surface area (Å²) in [6.45, 7) is 2.16. The molecule has 2 fully saturated rings. The molecule has 0 aromatic carbocycles. The zero-order valence-corrected chi connectivity index (χ0v) is 7.23. The van der Waals surface area contributed by atoms with E-state index in [0.717, 1.165) is 13.1 Å². The fourth-order valence-corrected chi connectivity index (χ4v) is 2.30. The van der Waals surface area contributed by atoms with Crippen LogP contribution < -0.4 is 5.32 Å². The molecule has 1 heterocycles. The van der Waals surface area contributed by atoms with Crippen LogP contribution in [0.15, 0.2) is 0 Å². The Bertz CT molecular complexity index is 159. The Morgan fingerprint density at radius 1 is 1.18 bits per heavy atom. The summed E-state index contributed by atoms with van der Waals surface area (Å²) in [6.07, 6.45) is 2.55. The molecular formula is C8H13ClN2. The monoisotopic (exact) mass is 172 g/mol. The lowest BCUT2D eigenvalue weighted by atomic mass is 9.88. The first kappa shape index (κ1) is 8.83. The van der Waals surface area contributed by atoms with Gasteiger partial charge in [-0.1, -0.05) is 0 Å². The van der Waals surface area contributed by atoms with Gasteiger partial charge < -0.3 is 5.32 Å². The summed E-state index contributed by atoms with van der Waals surface area (Å²) in [6, 6.07) is 2.43. The van der Waals surface area contributed by atoms with Crippen LogP contribution in [0.25, 0.3) is 0 Å². The Hall–Kier alpha value is -0.260. The third-order valence-corrected chi connectivity index (χ3v) is 2.89. The standard InChI is InChI=1S/C8H12N2.ClH/c9-3-8-6-1-2-7(8)5-10-4-6;/h6-8,10H,1-2,4-5H2;1H. The van der Waals surface area contributed by atoms with E-state index in [4.69, 9.17) is 5.26 Å². The van der Waals surface area contributed by atoms with Gasteiger partial charge in [-0.25, -0.2) is 0 Å². The highest BCUT2D eigenvalue weighted by Crippen LogP contribution is 2.38. The van der Waals surface area contributed by atoms with Gasteiger partial charge in [0.2, 0.25) is 0 Å². The molecule has 1 saturated heterocycles. The van der Waals surface area contributed by atoms with Gasteiger partial charge in [-0.3, -0.25) is 0 Å². The maximum absolute atomic E-state index is 8.79. The average molecular weight is 173 g/mol. The van der Waals surface area contributed by atoms with E-state index >= 15 is 0 Å². The Balaban J connectivity index is 0.000000605. The molecule has 11 heavy (non-hydrogen) atoms. The SMILES string of the molecule is Cl.N#CC1C2CCC1CNC2. The predicted octanol–water partition coefficient (Wildman–Crippen LogP) is 1.18. The van der Waals surface area contributed by atoms with Gasteiger partial charge in [0.05, 0.1) is 12.0 Å². The Kier molecular flexibility index (Phi) is 2.75. The summed E-state index contributed by atoms with van der Waals surface area (Å²) in [5, 5.41) is 12.2. The third-order valence-electron chi connectivity index (χ3n) is 2.89. The van der Waals surface area contributed by atoms with Crippen molar-refractivity contribution in [3.63, 3.8) is 0 Å². The van der Waals surface area contributed by atoms with Crippen molar-refractivity contribution in [3.05, 3.63) is 0 Å². The third kappa shape index (κ3) is 1.36. The molecule has 0 amide bonds. The molecule has 2 aliphatic rings. The van der Waals surface area contributed by atoms with E-state index in [9.17, 15) is 0 Å². The van der Waals surface area contributed by atoms with Crippen molar-refractivity contribution in [3.8, 4) is 6.07 Å². The van der Waals surface area contributed by atoms with E-state index in [0.29, 0.717) is 17.8 Å². The normalized spacial score (nSPS) is 40.8. The second kappa shape index (κ2) is 3.42. The van der Waals surface area contributed by atoms with Crippen molar-refractivity contribution >= 4 is 12.4 Å². The zero-order valence-electron chi connectivity index (χ0n) is 6.42. The highest BCUT2D eigenvalue weighted by Gasteiger charge is 2.38. The maximum atomic E-state index is 8.79. The Morgan fingerprint density at radius 3 is 2.09 bits per heavy atom. The van der Waals surface area contributed by atoms with Gasteiger partial charge in [-0.2, -0.15) is 5.26 Å². The fourth-order valence-electron chi connectivity index (χ4n) is 2.30. The number of hydrogen-bond donors (Lipinski definition) is 1. The lowest BCUT2D eigenvalue weighted by molar-refractivity contribution is 0.305. The quantitative estimate of drug-likeness (QED) is 0.596. The first-order valence-electron chi connectivity index (χ1n) is 4.02. The maximum Gasteiger partial charge on any atom is 0.0662 e. The van der Waals surface area contributed by atoms with E-state index in [1.807, 2.05) is 0 Å². The molecule has 0 radical (unpaired) electrons. The second-order valence-electron chi connectivity index (χ2n) is 3.41. The molecule has 0 aromatic rings. The van der Waals surface area contributed by atoms with Crippen molar-refractivity contribution in [1.29, 1.82) is 5.26 Å². The number of nitrogens with one attached hydrogen (secondary N) is 1. The van der Waals surface area contributed by atoms with E-state index in [2.05, 4.69) is 11.4 Å². The molecule has 1 aliphatic carbocycles. The highest BCUT2D eigenvalue weighted by atomic mass is 35.5. The van der Waals surface area contributed by atoms with Crippen LogP contribution in [0, 0.1) is 29.1 Å². The minimum absolute atomic E-state index is 0. The van der Waals surface area contributed by atoms with E-state index in [-0.39, 0.29) is 12.4 Å². The Morgan fingerprint density at radius 2 is 1.73 bits per heavy atom. The molecule has 2 unspecified atom stereocenters. The first-order chi connectivity index (χ1) is 4.92. The van der Waals surface area contributed by atoms with Gasteiger partial charge in [0.15, 0.2) is 0 Å². The number of halogens is 1. The van der Waals surface area contributed by atoms with Crippen molar-refractivity contribution in [1.82, 2.24) is 5.32 Å². The minimum Gasteiger partial charge on any atom is -0.316 e. The van der Waals surface area contributed by atoms with Crippen LogP contribution in [0.3, 0.4) is 0 Å². The van der Waals surface area contributed by atoms with E-state index in [1.165, 1.54) is 12.8 Å². The van der Waals surface area contributed by atoms with Crippen LogP contribution in [-0.2, 0) is 0 Å². The molecular weight excluding hydrogens is 160 g/mol. The van der Waals surface area contributed by atoms with Gasteiger partial charge >= 0.3 is 0 Å². The fraction of sp³-hybridized carbons (Fsp3) is 0.875. The molecule has 0 spiro atoms. The first-order valence-corrected chi connectivity index (χ1v) is 4.02. The van der Waals surface area contributed by atoms with Gasteiger partial charge in [-0.15, -0.1) is 12.4 Å². The molecule has 2 atom stereocenters. The van der Waals surface area contributed by atoms with Crippen molar-refractivity contribution < 1.29 is 0 Å². The predicted molar refractivity (Wildman–Crippen MR) is 45.4 cm³/mol. The minimum atomic E-state index is 0. The molecule has 2 bridgehead atoms. The van der Waals surface area contributed by atoms with Crippen LogP contribution in [0.2, 0.25) is 0 Å². The van der Waals surface area contributed by atoms with Gasteiger partial charge in [0.25, 0.3) is 0 Å². The topological polar surface area (TPSA) is 35.8 Å². The zero-order chi connectivity index (χ0) is 6.97. The van der Waals surface area contributed by atoms with Crippen LogP contribution in [0.5, 0.6) is 0 Å². The van der Waals surface area contributed by atoms with Crippen molar-refractivity contribution in [2.75, 3.05) is 13.1 Å². The molecule has 1 N–H and O–H groups in total.